The number of nitrogens with two attached hydrogens (primary N) is 1. The number of aromatic nitrogens is 4. The van der Waals surface area contributed by atoms with Crippen LogP contribution in [0.25, 0.3) is 5.69 Å². The summed E-state index contributed by atoms with van der Waals surface area (Å²) >= 11 is 2.48. The van der Waals surface area contributed by atoms with Gasteiger partial charge < -0.3 is 11.1 Å². The molecule has 10 heteroatoms. The van der Waals surface area contributed by atoms with Gasteiger partial charge in [0.15, 0.2) is 0 Å². The summed E-state index contributed by atoms with van der Waals surface area (Å²) in [5.41, 5.74) is 8.64. The zero-order valence-electron chi connectivity index (χ0n) is 15.0. The minimum absolute atomic E-state index is 0.264. The molecule has 0 fully saturated rings. The Bertz CT molecular complexity index is 997. The molecule has 140 valence electrons. The van der Waals surface area contributed by atoms with Crippen molar-refractivity contribution in [2.75, 3.05) is 5.32 Å². The lowest BCUT2D eigenvalue weighted by Gasteiger charge is -2.12. The predicted octanol–water partition coefficient (Wildman–Crippen LogP) is 2.56. The van der Waals surface area contributed by atoms with Crippen molar-refractivity contribution in [2.45, 2.75) is 31.2 Å². The Morgan fingerprint density at radius 1 is 1.30 bits per heavy atom. The maximum absolute atomic E-state index is 12.5. The minimum atomic E-state index is -0.578. The molecule has 0 aliphatic carbocycles. The standard InChI is InChI=1S/C17H18N6O2S2/c1-9-4-5-13(10(2)8-9)23-17(20-21-22-23)27-11(3)15(25)19-16-12(14(18)24)6-7-26-16/h4-8,11H,1-3H3,(H2,18,24)(H,19,25)/t11-/m0/s1. The van der Waals surface area contributed by atoms with Crippen molar-refractivity contribution < 1.29 is 9.59 Å². The first-order valence-corrected chi connectivity index (χ1v) is 9.83. The van der Waals surface area contributed by atoms with Crippen LogP contribution in [0.3, 0.4) is 0 Å². The van der Waals surface area contributed by atoms with Crippen molar-refractivity contribution >= 4 is 39.9 Å². The number of nitrogens with zero attached hydrogens (tertiary/aromatic N) is 4. The number of carbonyl (C=O) groups excluding carboxylic acids is 2. The second-order valence-corrected chi connectivity index (χ2v) is 8.16. The molecule has 2 amide bonds. The molecule has 0 unspecified atom stereocenters. The first kappa shape index (κ1) is 19.1. The summed E-state index contributed by atoms with van der Waals surface area (Å²) < 4.78 is 1.61. The maximum Gasteiger partial charge on any atom is 0.251 e. The van der Waals surface area contributed by atoms with Crippen molar-refractivity contribution in [3.05, 3.63) is 46.3 Å². The summed E-state index contributed by atoms with van der Waals surface area (Å²) in [4.78, 5) is 23.9. The molecule has 27 heavy (non-hydrogen) atoms. The summed E-state index contributed by atoms with van der Waals surface area (Å²) in [6, 6.07) is 7.56. The van der Waals surface area contributed by atoms with Gasteiger partial charge in [0, 0.05) is 0 Å². The summed E-state index contributed by atoms with van der Waals surface area (Å²) in [6.07, 6.45) is 0. The van der Waals surface area contributed by atoms with Gasteiger partial charge in [-0.2, -0.15) is 4.68 Å². The first-order valence-electron chi connectivity index (χ1n) is 8.07. The highest BCUT2D eigenvalue weighted by Crippen LogP contribution is 2.27. The summed E-state index contributed by atoms with van der Waals surface area (Å²) in [7, 11) is 0. The molecule has 1 atom stereocenters. The number of carbonyl (C=O) groups is 2. The van der Waals surface area contributed by atoms with E-state index >= 15 is 0 Å². The van der Waals surface area contributed by atoms with E-state index in [0.29, 0.717) is 15.7 Å². The first-order chi connectivity index (χ1) is 12.9. The fourth-order valence-corrected chi connectivity index (χ4v) is 4.07. The van der Waals surface area contributed by atoms with E-state index in [4.69, 9.17) is 5.73 Å². The van der Waals surface area contributed by atoms with Gasteiger partial charge in [0.05, 0.1) is 16.5 Å². The van der Waals surface area contributed by atoms with Gasteiger partial charge in [-0.15, -0.1) is 16.4 Å². The van der Waals surface area contributed by atoms with Crippen LogP contribution in [0.15, 0.2) is 34.8 Å². The number of benzene rings is 1. The second kappa shape index (κ2) is 7.89. The van der Waals surface area contributed by atoms with Crippen LogP contribution < -0.4 is 11.1 Å². The topological polar surface area (TPSA) is 116 Å². The Hall–Kier alpha value is -2.72. The van der Waals surface area contributed by atoms with E-state index in [9.17, 15) is 9.59 Å². The van der Waals surface area contributed by atoms with Crippen molar-refractivity contribution in [1.82, 2.24) is 20.2 Å². The number of thioether (sulfide) groups is 1. The largest absolute Gasteiger partial charge is 0.366 e. The molecule has 0 aliphatic rings. The quantitative estimate of drug-likeness (QED) is 0.612. The number of aryl methyl sites for hydroxylation is 2. The van der Waals surface area contributed by atoms with Crippen LogP contribution in [0, 0.1) is 13.8 Å². The number of tetrazole rings is 1. The van der Waals surface area contributed by atoms with E-state index in [1.807, 2.05) is 32.0 Å². The van der Waals surface area contributed by atoms with Gasteiger partial charge in [-0.3, -0.25) is 9.59 Å². The SMILES string of the molecule is Cc1ccc(-n2nnnc2S[C@@H](C)C(=O)Nc2sccc2C(N)=O)c(C)c1. The van der Waals surface area contributed by atoms with Crippen LogP contribution in [0.1, 0.15) is 28.4 Å². The van der Waals surface area contributed by atoms with Crippen LogP contribution in [-0.4, -0.2) is 37.3 Å². The number of anilines is 1. The number of amides is 2. The molecule has 0 saturated heterocycles. The van der Waals surface area contributed by atoms with Crippen LogP contribution in [-0.2, 0) is 4.79 Å². The Morgan fingerprint density at radius 3 is 2.78 bits per heavy atom. The Labute approximate surface area is 164 Å². The smallest absolute Gasteiger partial charge is 0.251 e. The second-order valence-electron chi connectivity index (χ2n) is 5.94. The van der Waals surface area contributed by atoms with Crippen molar-refractivity contribution in [3.63, 3.8) is 0 Å². The Balaban J connectivity index is 1.76. The molecule has 3 N–H and O–H groups in total. The van der Waals surface area contributed by atoms with E-state index in [1.54, 1.807) is 23.1 Å². The number of hydrogen-bond donors (Lipinski definition) is 2. The molecule has 3 aromatic rings. The third-order valence-electron chi connectivity index (χ3n) is 3.84. The van der Waals surface area contributed by atoms with Gasteiger partial charge in [-0.1, -0.05) is 29.5 Å². The van der Waals surface area contributed by atoms with Gasteiger partial charge in [0.25, 0.3) is 5.91 Å². The fourth-order valence-electron chi connectivity index (χ4n) is 2.47. The van der Waals surface area contributed by atoms with E-state index in [1.165, 1.54) is 23.1 Å². The van der Waals surface area contributed by atoms with Crippen molar-refractivity contribution in [2.24, 2.45) is 5.73 Å². The van der Waals surface area contributed by atoms with E-state index < -0.39 is 11.2 Å². The zero-order chi connectivity index (χ0) is 19.6. The Morgan fingerprint density at radius 2 is 2.07 bits per heavy atom. The number of thiophene rings is 1. The number of hydrogen-bond acceptors (Lipinski definition) is 7. The number of rotatable bonds is 6. The zero-order valence-corrected chi connectivity index (χ0v) is 16.6. The fraction of sp³-hybridized carbons (Fsp3) is 0.235. The molecular weight excluding hydrogens is 384 g/mol. The van der Waals surface area contributed by atoms with Gasteiger partial charge in [0.2, 0.25) is 11.1 Å². The maximum atomic E-state index is 12.5. The number of primary amides is 1. The molecule has 3 rings (SSSR count). The summed E-state index contributed by atoms with van der Waals surface area (Å²) in [5, 5.41) is 16.7. The lowest BCUT2D eigenvalue weighted by atomic mass is 10.1. The highest BCUT2D eigenvalue weighted by Gasteiger charge is 2.22. The molecule has 1 aromatic carbocycles. The van der Waals surface area contributed by atoms with E-state index in [0.717, 1.165) is 16.8 Å². The van der Waals surface area contributed by atoms with Gasteiger partial charge >= 0.3 is 0 Å². The minimum Gasteiger partial charge on any atom is -0.366 e. The van der Waals surface area contributed by atoms with Crippen LogP contribution in [0.5, 0.6) is 0 Å². The lowest BCUT2D eigenvalue weighted by molar-refractivity contribution is -0.115. The van der Waals surface area contributed by atoms with E-state index in [2.05, 4.69) is 20.8 Å². The number of nitrogens with one attached hydrogen (secondary N) is 1. The average Bonchev–Trinajstić information content (AvgIpc) is 3.24. The molecule has 0 spiro atoms. The monoisotopic (exact) mass is 402 g/mol. The van der Waals surface area contributed by atoms with Crippen molar-refractivity contribution in [1.29, 1.82) is 0 Å². The lowest BCUT2D eigenvalue weighted by Crippen LogP contribution is -2.24. The van der Waals surface area contributed by atoms with Crippen LogP contribution >= 0.6 is 23.1 Å². The molecule has 8 nitrogen and oxygen atoms in total. The molecule has 2 aromatic heterocycles. The van der Waals surface area contributed by atoms with Crippen molar-refractivity contribution in [3.8, 4) is 5.69 Å². The Kier molecular flexibility index (Phi) is 5.57. The molecule has 0 saturated carbocycles. The van der Waals surface area contributed by atoms with Gasteiger partial charge in [-0.25, -0.2) is 0 Å². The summed E-state index contributed by atoms with van der Waals surface area (Å²) in [6.45, 7) is 5.75. The normalized spacial score (nSPS) is 12.0. The molecule has 0 radical (unpaired) electrons. The average molecular weight is 403 g/mol. The van der Waals surface area contributed by atoms with Gasteiger partial charge in [0.1, 0.15) is 5.00 Å². The third-order valence-corrected chi connectivity index (χ3v) is 5.70. The molecular formula is C17H18N6O2S2. The van der Waals surface area contributed by atoms with E-state index in [-0.39, 0.29) is 5.91 Å². The highest BCUT2D eigenvalue weighted by molar-refractivity contribution is 8.00. The molecule has 0 aliphatic heterocycles. The van der Waals surface area contributed by atoms with Crippen LogP contribution in [0.4, 0.5) is 5.00 Å². The van der Waals surface area contributed by atoms with Crippen LogP contribution in [0.2, 0.25) is 0 Å². The predicted molar refractivity (Wildman–Crippen MR) is 105 cm³/mol. The highest BCUT2D eigenvalue weighted by atomic mass is 32.2. The third kappa shape index (κ3) is 4.17. The molecule has 0 bridgehead atoms. The van der Waals surface area contributed by atoms with Gasteiger partial charge in [-0.05, 0) is 54.3 Å². The summed E-state index contributed by atoms with van der Waals surface area (Å²) in [5.74, 6) is -0.842. The molecule has 2 heterocycles.